The molecule has 1 aromatic rings. The van der Waals surface area contributed by atoms with Gasteiger partial charge in [0.2, 0.25) is 0 Å². The fourth-order valence-electron chi connectivity index (χ4n) is 3.46. The van der Waals surface area contributed by atoms with Crippen molar-refractivity contribution in [2.75, 3.05) is 6.26 Å². The minimum absolute atomic E-state index is 0.753. The van der Waals surface area contributed by atoms with Crippen LogP contribution < -0.4 is 5.32 Å². The molecule has 0 aromatic carbocycles. The summed E-state index contributed by atoms with van der Waals surface area (Å²) in [4.78, 5) is 0. The lowest BCUT2D eigenvalue weighted by Crippen LogP contribution is -2.33. The van der Waals surface area contributed by atoms with Gasteiger partial charge in [-0.15, -0.1) is 0 Å². The van der Waals surface area contributed by atoms with E-state index in [2.05, 4.69) is 23.7 Å². The number of thioether (sulfide) groups is 1. The van der Waals surface area contributed by atoms with Crippen LogP contribution in [0.1, 0.15) is 37.2 Å². The van der Waals surface area contributed by atoms with Gasteiger partial charge in [0.25, 0.3) is 0 Å². The van der Waals surface area contributed by atoms with Gasteiger partial charge in [-0.3, -0.25) is 0 Å². The quantitative estimate of drug-likeness (QED) is 0.868. The Hall–Kier alpha value is -0.410. The van der Waals surface area contributed by atoms with Gasteiger partial charge in [-0.05, 0) is 49.5 Å². The maximum absolute atomic E-state index is 5.78. The van der Waals surface area contributed by atoms with Gasteiger partial charge in [0, 0.05) is 6.04 Å². The van der Waals surface area contributed by atoms with Gasteiger partial charge in [0.05, 0.1) is 12.3 Å². The van der Waals surface area contributed by atoms with E-state index in [0.29, 0.717) is 0 Å². The fraction of sp³-hybridized carbons (Fsp3) is 0.714. The van der Waals surface area contributed by atoms with Crippen molar-refractivity contribution in [1.29, 1.82) is 0 Å². The van der Waals surface area contributed by atoms with Gasteiger partial charge in [0.1, 0.15) is 11.5 Å². The zero-order valence-corrected chi connectivity index (χ0v) is 11.3. The van der Waals surface area contributed by atoms with Crippen LogP contribution in [-0.4, -0.2) is 12.3 Å². The Balaban J connectivity index is 1.50. The van der Waals surface area contributed by atoms with Crippen LogP contribution in [-0.2, 0) is 12.3 Å². The van der Waals surface area contributed by atoms with E-state index < -0.39 is 0 Å². The molecule has 0 spiro atoms. The standard InChI is InChI=1S/C14H21NOS/c1-17-9-13-5-4-12(16-13)8-15-14-7-10-2-3-11(14)6-10/h4-5,10-11,14-15H,2-3,6-9H2,1H3. The largest absolute Gasteiger partial charge is 0.464 e. The summed E-state index contributed by atoms with van der Waals surface area (Å²) >= 11 is 1.81. The second-order valence-electron chi connectivity index (χ2n) is 5.46. The Labute approximate surface area is 108 Å². The summed E-state index contributed by atoms with van der Waals surface area (Å²) in [5.74, 6) is 5.13. The summed E-state index contributed by atoms with van der Waals surface area (Å²) in [6, 6.07) is 4.97. The molecule has 0 radical (unpaired) electrons. The van der Waals surface area contributed by atoms with Gasteiger partial charge in [-0.25, -0.2) is 0 Å². The van der Waals surface area contributed by atoms with E-state index in [9.17, 15) is 0 Å². The number of nitrogens with one attached hydrogen (secondary N) is 1. The molecule has 3 unspecified atom stereocenters. The molecule has 3 atom stereocenters. The molecule has 3 heteroatoms. The summed E-state index contributed by atoms with van der Waals surface area (Å²) in [5.41, 5.74) is 0. The highest BCUT2D eigenvalue weighted by molar-refractivity contribution is 7.97. The zero-order valence-electron chi connectivity index (χ0n) is 10.4. The molecule has 0 amide bonds. The molecule has 2 saturated carbocycles. The molecule has 3 rings (SSSR count). The Morgan fingerprint density at radius 1 is 1.29 bits per heavy atom. The van der Waals surface area contributed by atoms with Crippen molar-refractivity contribution in [3.05, 3.63) is 23.7 Å². The molecule has 2 nitrogen and oxygen atoms in total. The molecule has 2 bridgehead atoms. The van der Waals surface area contributed by atoms with Gasteiger partial charge in [0.15, 0.2) is 0 Å². The number of hydrogen-bond acceptors (Lipinski definition) is 3. The van der Waals surface area contributed by atoms with Gasteiger partial charge >= 0.3 is 0 Å². The summed E-state index contributed by atoms with van der Waals surface area (Å²) < 4.78 is 5.78. The van der Waals surface area contributed by atoms with E-state index in [-0.39, 0.29) is 0 Å². The van der Waals surface area contributed by atoms with Crippen LogP contribution in [0.3, 0.4) is 0 Å². The van der Waals surface area contributed by atoms with Crippen molar-refractivity contribution in [2.45, 2.75) is 44.0 Å². The topological polar surface area (TPSA) is 25.2 Å². The smallest absolute Gasteiger partial charge is 0.118 e. The molecular formula is C14H21NOS. The highest BCUT2D eigenvalue weighted by atomic mass is 32.2. The number of furan rings is 1. The second kappa shape index (κ2) is 5.07. The van der Waals surface area contributed by atoms with E-state index in [4.69, 9.17) is 4.42 Å². The van der Waals surface area contributed by atoms with E-state index in [1.807, 2.05) is 11.8 Å². The van der Waals surface area contributed by atoms with Crippen LogP contribution in [0.2, 0.25) is 0 Å². The van der Waals surface area contributed by atoms with Gasteiger partial charge < -0.3 is 9.73 Å². The predicted octanol–water partition coefficient (Wildman–Crippen LogP) is 3.42. The molecular weight excluding hydrogens is 230 g/mol. The SMILES string of the molecule is CSCc1ccc(CNC2CC3CCC2C3)o1. The highest BCUT2D eigenvalue weighted by Gasteiger charge is 2.39. The second-order valence-corrected chi connectivity index (χ2v) is 6.33. The minimum Gasteiger partial charge on any atom is -0.464 e. The molecule has 1 N–H and O–H groups in total. The molecule has 2 aliphatic rings. The number of rotatable bonds is 5. The maximum Gasteiger partial charge on any atom is 0.118 e. The first-order chi connectivity index (χ1) is 8.35. The van der Waals surface area contributed by atoms with Crippen LogP contribution in [0.25, 0.3) is 0 Å². The summed E-state index contributed by atoms with van der Waals surface area (Å²) in [6.45, 7) is 0.905. The van der Waals surface area contributed by atoms with Crippen LogP contribution in [0.5, 0.6) is 0 Å². The van der Waals surface area contributed by atoms with Gasteiger partial charge in [-0.1, -0.05) is 6.42 Å². The Kier molecular flexibility index (Phi) is 3.48. The molecule has 1 heterocycles. The molecule has 17 heavy (non-hydrogen) atoms. The first-order valence-electron chi connectivity index (χ1n) is 6.65. The molecule has 2 aliphatic carbocycles. The lowest BCUT2D eigenvalue weighted by Gasteiger charge is -2.22. The fourth-order valence-corrected chi connectivity index (χ4v) is 3.90. The average Bonchev–Trinajstić information content (AvgIpc) is 3.02. The van der Waals surface area contributed by atoms with Crippen molar-refractivity contribution in [3.63, 3.8) is 0 Å². The molecule has 0 aliphatic heterocycles. The van der Waals surface area contributed by atoms with E-state index in [1.54, 1.807) is 0 Å². The first kappa shape index (κ1) is 11.7. The van der Waals surface area contributed by atoms with Crippen molar-refractivity contribution in [2.24, 2.45) is 11.8 Å². The number of hydrogen-bond donors (Lipinski definition) is 1. The number of fused-ring (bicyclic) bond motifs is 2. The monoisotopic (exact) mass is 251 g/mol. The van der Waals surface area contributed by atoms with Crippen LogP contribution in [0.15, 0.2) is 16.5 Å². The lowest BCUT2D eigenvalue weighted by molar-refractivity contribution is 0.335. The Morgan fingerprint density at radius 3 is 2.88 bits per heavy atom. The molecule has 1 aromatic heterocycles. The van der Waals surface area contributed by atoms with Crippen molar-refractivity contribution in [1.82, 2.24) is 5.32 Å². The summed E-state index contributed by atoms with van der Waals surface area (Å²) in [7, 11) is 0. The molecule has 0 saturated heterocycles. The summed E-state index contributed by atoms with van der Waals surface area (Å²) in [5, 5.41) is 3.68. The van der Waals surface area contributed by atoms with Crippen LogP contribution >= 0.6 is 11.8 Å². The van der Waals surface area contributed by atoms with Crippen molar-refractivity contribution >= 4 is 11.8 Å². The molecule has 94 valence electrons. The van der Waals surface area contributed by atoms with E-state index in [0.717, 1.165) is 41.7 Å². The van der Waals surface area contributed by atoms with E-state index in [1.165, 1.54) is 25.7 Å². The third-order valence-electron chi connectivity index (χ3n) is 4.28. The minimum atomic E-state index is 0.753. The highest BCUT2D eigenvalue weighted by Crippen LogP contribution is 2.44. The first-order valence-corrected chi connectivity index (χ1v) is 8.04. The Bertz CT molecular complexity index is 376. The van der Waals surface area contributed by atoms with Crippen molar-refractivity contribution < 1.29 is 4.42 Å². The summed E-state index contributed by atoms with van der Waals surface area (Å²) in [6.07, 6.45) is 7.88. The third-order valence-corrected chi connectivity index (χ3v) is 4.85. The van der Waals surface area contributed by atoms with Gasteiger partial charge in [-0.2, -0.15) is 11.8 Å². The van der Waals surface area contributed by atoms with Crippen LogP contribution in [0, 0.1) is 11.8 Å². The Morgan fingerprint density at radius 2 is 2.18 bits per heavy atom. The average molecular weight is 251 g/mol. The van der Waals surface area contributed by atoms with Crippen LogP contribution in [0.4, 0.5) is 0 Å². The maximum atomic E-state index is 5.78. The zero-order chi connectivity index (χ0) is 11.7. The lowest BCUT2D eigenvalue weighted by atomic mass is 9.95. The van der Waals surface area contributed by atoms with E-state index >= 15 is 0 Å². The predicted molar refractivity (Wildman–Crippen MR) is 72.0 cm³/mol. The molecule has 2 fully saturated rings. The van der Waals surface area contributed by atoms with Crippen molar-refractivity contribution in [3.8, 4) is 0 Å². The third kappa shape index (κ3) is 2.55. The normalized spacial score (nSPS) is 31.2.